The molecule has 0 aliphatic carbocycles. The third-order valence-electron chi connectivity index (χ3n) is 5.21. The molecule has 10 heteroatoms. The SMILES string of the molecule is CCC(C(=O)O)n1cc(-c2ccc(N3CCOc4ncnc5c4C3=N5)cc2Cl)cn1. The van der Waals surface area contributed by atoms with E-state index in [0.717, 1.165) is 28.2 Å². The van der Waals surface area contributed by atoms with Crippen LogP contribution >= 0.6 is 11.6 Å². The van der Waals surface area contributed by atoms with Gasteiger partial charge in [0.25, 0.3) is 0 Å². The predicted octanol–water partition coefficient (Wildman–Crippen LogP) is 3.32. The zero-order valence-electron chi connectivity index (χ0n) is 16.0. The summed E-state index contributed by atoms with van der Waals surface area (Å²) in [4.78, 5) is 26.3. The number of hydrogen-bond donors (Lipinski definition) is 1. The van der Waals surface area contributed by atoms with Crippen molar-refractivity contribution in [3.05, 3.63) is 47.5 Å². The molecule has 1 atom stereocenters. The number of nitrogens with zero attached hydrogens (tertiary/aromatic N) is 6. The number of hydrogen-bond acceptors (Lipinski definition) is 7. The average Bonchev–Trinajstić information content (AvgIpc) is 3.09. The molecule has 2 aliphatic heterocycles. The minimum atomic E-state index is -0.915. The van der Waals surface area contributed by atoms with Crippen molar-refractivity contribution in [3.8, 4) is 17.0 Å². The molecule has 1 aromatic carbocycles. The van der Waals surface area contributed by atoms with E-state index in [1.54, 1.807) is 12.4 Å². The van der Waals surface area contributed by atoms with Crippen LogP contribution in [0.1, 0.15) is 24.9 Å². The number of carboxylic acids is 1. The van der Waals surface area contributed by atoms with Gasteiger partial charge in [-0.05, 0) is 18.6 Å². The van der Waals surface area contributed by atoms with Crippen molar-refractivity contribution < 1.29 is 14.6 Å². The lowest BCUT2D eigenvalue weighted by Gasteiger charge is -2.28. The van der Waals surface area contributed by atoms with Crippen LogP contribution in [-0.2, 0) is 4.79 Å². The Hall–Kier alpha value is -3.46. The lowest BCUT2D eigenvalue weighted by molar-refractivity contribution is -0.141. The van der Waals surface area contributed by atoms with Crippen LogP contribution in [0.15, 0.2) is 41.9 Å². The smallest absolute Gasteiger partial charge is 0.328 e. The minimum absolute atomic E-state index is 0.440. The Balaban J connectivity index is 1.45. The predicted molar refractivity (Wildman–Crippen MR) is 111 cm³/mol. The number of rotatable bonds is 5. The number of amidine groups is 1. The zero-order valence-corrected chi connectivity index (χ0v) is 16.7. The molecule has 2 aliphatic rings. The monoisotopic (exact) mass is 424 g/mol. The van der Waals surface area contributed by atoms with E-state index in [2.05, 4.69) is 20.1 Å². The lowest BCUT2D eigenvalue weighted by atomic mass is 10.1. The van der Waals surface area contributed by atoms with Gasteiger partial charge in [0.05, 0.1) is 17.8 Å². The highest BCUT2D eigenvalue weighted by atomic mass is 35.5. The van der Waals surface area contributed by atoms with Crippen molar-refractivity contribution >= 4 is 34.9 Å². The van der Waals surface area contributed by atoms with Gasteiger partial charge in [-0.2, -0.15) is 5.10 Å². The molecule has 1 unspecified atom stereocenters. The van der Waals surface area contributed by atoms with Gasteiger partial charge in [-0.3, -0.25) is 4.68 Å². The topological polar surface area (TPSA) is 106 Å². The van der Waals surface area contributed by atoms with Gasteiger partial charge in [0.2, 0.25) is 5.88 Å². The van der Waals surface area contributed by atoms with Crippen molar-refractivity contribution in [1.82, 2.24) is 19.7 Å². The van der Waals surface area contributed by atoms with Crippen LogP contribution in [0, 0.1) is 0 Å². The second-order valence-electron chi connectivity index (χ2n) is 6.95. The van der Waals surface area contributed by atoms with Crippen LogP contribution in [0.2, 0.25) is 5.02 Å². The Morgan fingerprint density at radius 2 is 2.23 bits per heavy atom. The molecule has 0 spiro atoms. The first-order valence-corrected chi connectivity index (χ1v) is 9.86. The van der Waals surface area contributed by atoms with E-state index in [0.29, 0.717) is 36.3 Å². The van der Waals surface area contributed by atoms with E-state index in [1.807, 2.05) is 30.0 Å². The molecule has 30 heavy (non-hydrogen) atoms. The van der Waals surface area contributed by atoms with E-state index in [4.69, 9.17) is 16.3 Å². The molecule has 5 rings (SSSR count). The molecule has 1 N–H and O–H groups in total. The van der Waals surface area contributed by atoms with Crippen LogP contribution in [0.25, 0.3) is 11.1 Å². The number of aliphatic carboxylic acids is 1. The summed E-state index contributed by atoms with van der Waals surface area (Å²) in [5, 5.41) is 14.1. The lowest BCUT2D eigenvalue weighted by Crippen LogP contribution is -2.35. The number of carboxylic acid groups (broad SMARTS) is 1. The van der Waals surface area contributed by atoms with Gasteiger partial charge in [-0.15, -0.1) is 0 Å². The number of anilines is 1. The summed E-state index contributed by atoms with van der Waals surface area (Å²) in [6.45, 7) is 2.87. The van der Waals surface area contributed by atoms with E-state index in [1.165, 1.54) is 11.0 Å². The largest absolute Gasteiger partial charge is 0.480 e. The van der Waals surface area contributed by atoms with Gasteiger partial charge in [-0.25, -0.2) is 19.8 Å². The number of carbonyl (C=O) groups is 1. The third-order valence-corrected chi connectivity index (χ3v) is 5.52. The summed E-state index contributed by atoms with van der Waals surface area (Å²) >= 11 is 6.60. The second-order valence-corrected chi connectivity index (χ2v) is 7.36. The van der Waals surface area contributed by atoms with Crippen molar-refractivity contribution in [2.45, 2.75) is 19.4 Å². The van der Waals surface area contributed by atoms with E-state index >= 15 is 0 Å². The van der Waals surface area contributed by atoms with Crippen molar-refractivity contribution in [1.29, 1.82) is 0 Å². The van der Waals surface area contributed by atoms with Crippen LogP contribution < -0.4 is 9.64 Å². The Kier molecular flexibility index (Phi) is 4.39. The maximum Gasteiger partial charge on any atom is 0.328 e. The fourth-order valence-corrected chi connectivity index (χ4v) is 3.95. The highest BCUT2D eigenvalue weighted by Gasteiger charge is 2.34. The van der Waals surface area contributed by atoms with Crippen LogP contribution in [0.5, 0.6) is 5.88 Å². The molecule has 0 amide bonds. The number of ether oxygens (including phenoxy) is 1. The molecule has 0 saturated carbocycles. The van der Waals surface area contributed by atoms with Crippen LogP contribution in [-0.4, -0.2) is 49.8 Å². The number of aliphatic imine (C=N–C) groups is 1. The molecular formula is C20H17ClN6O3. The van der Waals surface area contributed by atoms with Gasteiger partial charge < -0.3 is 14.7 Å². The summed E-state index contributed by atoms with van der Waals surface area (Å²) in [6.07, 6.45) is 5.22. The second kappa shape index (κ2) is 7.10. The summed E-state index contributed by atoms with van der Waals surface area (Å²) in [5.41, 5.74) is 3.22. The first-order chi connectivity index (χ1) is 14.6. The summed E-state index contributed by atoms with van der Waals surface area (Å²) in [5.74, 6) is 1.02. The number of aromatic nitrogens is 4. The Morgan fingerprint density at radius 3 is 3.00 bits per heavy atom. The number of halogens is 1. The first-order valence-electron chi connectivity index (χ1n) is 9.48. The van der Waals surface area contributed by atoms with Crippen molar-refractivity contribution in [2.24, 2.45) is 4.99 Å². The summed E-state index contributed by atoms with van der Waals surface area (Å²) in [6, 6.07) is 5.00. The standard InChI is InChI=1S/C20H17ClN6O3/c1-2-15(20(28)29)27-9-11(8-24-27)13-4-3-12(7-14(13)21)26-5-6-30-19-16-17(22-10-23-19)25-18(16)26/h3-4,7-10,15H,2,5-6H2,1H3,(H,28,29). The Labute approximate surface area is 176 Å². The molecule has 0 saturated heterocycles. The minimum Gasteiger partial charge on any atom is -0.480 e. The first kappa shape index (κ1) is 18.6. The van der Waals surface area contributed by atoms with E-state index in [-0.39, 0.29) is 0 Å². The zero-order chi connectivity index (χ0) is 20.8. The Bertz CT molecular complexity index is 1190. The molecule has 9 nitrogen and oxygen atoms in total. The molecule has 0 radical (unpaired) electrons. The molecule has 4 heterocycles. The van der Waals surface area contributed by atoms with E-state index < -0.39 is 12.0 Å². The quantitative estimate of drug-likeness (QED) is 0.669. The van der Waals surface area contributed by atoms with Crippen LogP contribution in [0.4, 0.5) is 11.5 Å². The fraction of sp³-hybridized carbons (Fsp3) is 0.250. The fourth-order valence-electron chi connectivity index (χ4n) is 3.67. The van der Waals surface area contributed by atoms with Crippen LogP contribution in [0.3, 0.4) is 0 Å². The van der Waals surface area contributed by atoms with Gasteiger partial charge in [0.1, 0.15) is 24.5 Å². The number of benzene rings is 1. The highest BCUT2D eigenvalue weighted by molar-refractivity contribution is 6.33. The van der Waals surface area contributed by atoms with Crippen molar-refractivity contribution in [3.63, 3.8) is 0 Å². The van der Waals surface area contributed by atoms with Gasteiger partial charge in [-0.1, -0.05) is 24.6 Å². The molecule has 3 aromatic rings. The molecule has 152 valence electrons. The average molecular weight is 425 g/mol. The molecular weight excluding hydrogens is 408 g/mol. The molecule has 2 aromatic heterocycles. The van der Waals surface area contributed by atoms with Gasteiger partial charge in [0.15, 0.2) is 11.7 Å². The maximum absolute atomic E-state index is 11.4. The van der Waals surface area contributed by atoms with E-state index in [9.17, 15) is 9.90 Å². The van der Waals surface area contributed by atoms with Gasteiger partial charge in [0, 0.05) is 23.0 Å². The summed E-state index contributed by atoms with van der Waals surface area (Å²) in [7, 11) is 0. The van der Waals surface area contributed by atoms with Gasteiger partial charge >= 0.3 is 5.97 Å². The Morgan fingerprint density at radius 1 is 1.37 bits per heavy atom. The molecule has 0 bridgehead atoms. The molecule has 0 fully saturated rings. The van der Waals surface area contributed by atoms with Crippen molar-refractivity contribution in [2.75, 3.05) is 18.1 Å². The highest BCUT2D eigenvalue weighted by Crippen LogP contribution is 2.39. The summed E-state index contributed by atoms with van der Waals surface area (Å²) < 4.78 is 7.18. The maximum atomic E-state index is 11.4. The third kappa shape index (κ3) is 2.89. The normalized spacial score (nSPS) is 15.4.